The van der Waals surface area contributed by atoms with Gasteiger partial charge in [0.25, 0.3) is 0 Å². The number of halogens is 3. The maximum atomic E-state index is 13.1. The quantitative estimate of drug-likeness (QED) is 0.531. The van der Waals surface area contributed by atoms with Gasteiger partial charge in [0, 0.05) is 31.1 Å². The molecular formula is C17H20F3N7O2S. The zero-order chi connectivity index (χ0) is 21.3. The molecule has 0 fully saturated rings. The lowest BCUT2D eigenvalue weighted by molar-refractivity contribution is -0.147. The van der Waals surface area contributed by atoms with Gasteiger partial charge in [-0.15, -0.1) is 21.5 Å². The van der Waals surface area contributed by atoms with Crippen LogP contribution in [0, 0.1) is 6.92 Å². The van der Waals surface area contributed by atoms with E-state index in [4.69, 9.17) is 9.84 Å². The number of aryl methyl sites for hydroxylation is 1. The maximum absolute atomic E-state index is 13.1. The number of rotatable bonds is 7. The smallest absolute Gasteiger partial charge is 0.451 e. The van der Waals surface area contributed by atoms with Crippen molar-refractivity contribution in [2.45, 2.75) is 26.2 Å². The highest BCUT2D eigenvalue weighted by atomic mass is 32.1. The lowest BCUT2D eigenvalue weighted by atomic mass is 10.3. The summed E-state index contributed by atoms with van der Waals surface area (Å²) in [4.78, 5) is 12.6. The van der Waals surface area contributed by atoms with Crippen LogP contribution >= 0.6 is 11.3 Å². The van der Waals surface area contributed by atoms with E-state index in [1.54, 1.807) is 0 Å². The molecule has 2 N–H and O–H groups in total. The number of hydrogen-bond donors (Lipinski definition) is 2. The molecule has 0 aromatic carbocycles. The van der Waals surface area contributed by atoms with Crippen molar-refractivity contribution in [3.8, 4) is 6.01 Å². The van der Waals surface area contributed by atoms with Crippen molar-refractivity contribution in [1.29, 1.82) is 0 Å². The predicted octanol–water partition coefficient (Wildman–Crippen LogP) is 1.59. The Bertz CT molecular complexity index is 1040. The molecule has 0 unspecified atom stereocenters. The number of hydrogen-bond acceptors (Lipinski definition) is 9. The van der Waals surface area contributed by atoms with Gasteiger partial charge in [-0.05, 0) is 13.0 Å². The average molecular weight is 443 g/mol. The fourth-order valence-corrected chi connectivity index (χ4v) is 4.15. The first-order valence-corrected chi connectivity index (χ1v) is 10.1. The Morgan fingerprint density at radius 3 is 2.83 bits per heavy atom. The second-order valence-corrected chi connectivity index (χ2v) is 7.97. The van der Waals surface area contributed by atoms with Crippen molar-refractivity contribution < 1.29 is 23.0 Å². The highest BCUT2D eigenvalue weighted by molar-refractivity contribution is 7.18. The molecule has 4 heterocycles. The van der Waals surface area contributed by atoms with E-state index in [1.807, 2.05) is 17.9 Å². The van der Waals surface area contributed by atoms with Crippen LogP contribution < -0.4 is 15.0 Å². The number of aliphatic hydroxyl groups is 1. The summed E-state index contributed by atoms with van der Waals surface area (Å²) in [6.45, 7) is 3.88. The standard InChI is InChI=1S/C17H20F3N7O2S/c1-10-8-11-13(22-16(23-14(11)30-10)29-7-3-21-2-6-28)26-4-5-27-12(9-26)24-25-15(27)17(18,19)20/h8,21,28H,2-7,9H2,1H3. The molecule has 9 nitrogen and oxygen atoms in total. The van der Waals surface area contributed by atoms with Crippen LogP contribution in [-0.2, 0) is 19.3 Å². The highest BCUT2D eigenvalue weighted by Crippen LogP contribution is 2.35. The molecule has 3 aromatic rings. The van der Waals surface area contributed by atoms with Gasteiger partial charge in [0.15, 0.2) is 5.82 Å². The van der Waals surface area contributed by atoms with Crippen molar-refractivity contribution in [3.63, 3.8) is 0 Å². The number of alkyl halides is 3. The van der Waals surface area contributed by atoms with Gasteiger partial charge in [0.1, 0.15) is 17.3 Å². The molecule has 0 amide bonds. The number of ether oxygens (including phenoxy) is 1. The minimum atomic E-state index is -4.54. The largest absolute Gasteiger partial charge is 0.462 e. The zero-order valence-corrected chi connectivity index (χ0v) is 16.9. The average Bonchev–Trinajstić information content (AvgIpc) is 3.29. The molecule has 0 radical (unpaired) electrons. The number of nitrogens with zero attached hydrogens (tertiary/aromatic N) is 6. The van der Waals surface area contributed by atoms with Crippen LogP contribution in [0.3, 0.4) is 0 Å². The summed E-state index contributed by atoms with van der Waals surface area (Å²) in [5.41, 5.74) is 0. The molecule has 0 aliphatic carbocycles. The third-order valence-corrected chi connectivity index (χ3v) is 5.52. The Morgan fingerprint density at radius 2 is 2.07 bits per heavy atom. The Balaban J connectivity index is 1.59. The number of fused-ring (bicyclic) bond motifs is 2. The summed E-state index contributed by atoms with van der Waals surface area (Å²) in [6, 6.07) is 2.16. The van der Waals surface area contributed by atoms with E-state index in [0.717, 1.165) is 19.7 Å². The highest BCUT2D eigenvalue weighted by Gasteiger charge is 2.39. The molecular weight excluding hydrogens is 423 g/mol. The molecule has 162 valence electrons. The number of anilines is 1. The summed E-state index contributed by atoms with van der Waals surface area (Å²) in [6.07, 6.45) is -4.54. The summed E-state index contributed by atoms with van der Waals surface area (Å²) >= 11 is 1.50. The van der Waals surface area contributed by atoms with Crippen molar-refractivity contribution in [2.75, 3.05) is 37.7 Å². The normalized spacial score (nSPS) is 14.4. The van der Waals surface area contributed by atoms with Gasteiger partial charge in [-0.3, -0.25) is 0 Å². The van der Waals surface area contributed by atoms with E-state index in [9.17, 15) is 13.2 Å². The fraction of sp³-hybridized carbons (Fsp3) is 0.529. The van der Waals surface area contributed by atoms with Gasteiger partial charge in [0.2, 0.25) is 5.82 Å². The van der Waals surface area contributed by atoms with E-state index in [-0.39, 0.29) is 31.5 Å². The van der Waals surface area contributed by atoms with Crippen LogP contribution in [0.1, 0.15) is 16.5 Å². The third-order valence-electron chi connectivity index (χ3n) is 4.58. The first-order valence-electron chi connectivity index (χ1n) is 9.33. The Kier molecular flexibility index (Phi) is 5.75. The topological polar surface area (TPSA) is 101 Å². The number of nitrogens with one attached hydrogen (secondary N) is 1. The minimum absolute atomic E-state index is 0.0384. The summed E-state index contributed by atoms with van der Waals surface area (Å²) < 4.78 is 46.1. The third kappa shape index (κ3) is 4.18. The lowest BCUT2D eigenvalue weighted by Gasteiger charge is -2.29. The second kappa shape index (κ2) is 8.32. The second-order valence-electron chi connectivity index (χ2n) is 6.74. The fourth-order valence-electron chi connectivity index (χ4n) is 3.28. The van der Waals surface area contributed by atoms with Crippen LogP contribution in [0.2, 0.25) is 0 Å². The van der Waals surface area contributed by atoms with Gasteiger partial charge in [-0.1, -0.05) is 0 Å². The zero-order valence-electron chi connectivity index (χ0n) is 16.1. The van der Waals surface area contributed by atoms with Gasteiger partial charge >= 0.3 is 12.2 Å². The number of aromatic nitrogens is 5. The first kappa shape index (κ1) is 20.8. The molecule has 0 saturated heterocycles. The van der Waals surface area contributed by atoms with Crippen LogP contribution in [0.15, 0.2) is 6.07 Å². The van der Waals surface area contributed by atoms with Crippen LogP contribution in [0.25, 0.3) is 10.2 Å². The summed E-state index contributed by atoms with van der Waals surface area (Å²) in [5.74, 6) is -0.135. The summed E-state index contributed by atoms with van der Waals surface area (Å²) in [5, 5.41) is 19.7. The molecule has 0 spiro atoms. The van der Waals surface area contributed by atoms with E-state index in [1.165, 1.54) is 11.3 Å². The van der Waals surface area contributed by atoms with Crippen LogP contribution in [0.5, 0.6) is 6.01 Å². The molecule has 13 heteroatoms. The molecule has 0 atom stereocenters. The van der Waals surface area contributed by atoms with E-state index in [2.05, 4.69) is 25.5 Å². The van der Waals surface area contributed by atoms with Crippen LogP contribution in [-0.4, -0.2) is 62.7 Å². The molecule has 0 bridgehead atoms. The van der Waals surface area contributed by atoms with E-state index >= 15 is 0 Å². The monoisotopic (exact) mass is 443 g/mol. The first-order chi connectivity index (χ1) is 14.4. The van der Waals surface area contributed by atoms with Crippen molar-refractivity contribution in [2.24, 2.45) is 0 Å². The minimum Gasteiger partial charge on any atom is -0.462 e. The molecule has 30 heavy (non-hydrogen) atoms. The van der Waals surface area contributed by atoms with Gasteiger partial charge in [-0.25, -0.2) is 0 Å². The predicted molar refractivity (Wildman–Crippen MR) is 104 cm³/mol. The lowest BCUT2D eigenvalue weighted by Crippen LogP contribution is -2.36. The molecule has 0 saturated carbocycles. The van der Waals surface area contributed by atoms with Crippen molar-refractivity contribution in [1.82, 2.24) is 30.0 Å². The maximum Gasteiger partial charge on any atom is 0.451 e. The molecule has 1 aliphatic heterocycles. The van der Waals surface area contributed by atoms with Gasteiger partial charge in [-0.2, -0.15) is 23.1 Å². The van der Waals surface area contributed by atoms with Crippen molar-refractivity contribution >= 4 is 27.4 Å². The Labute approximate surface area is 173 Å². The number of aliphatic hydroxyl groups excluding tert-OH is 1. The van der Waals surface area contributed by atoms with E-state index in [0.29, 0.717) is 32.1 Å². The van der Waals surface area contributed by atoms with Gasteiger partial charge in [0.05, 0.1) is 18.5 Å². The van der Waals surface area contributed by atoms with Gasteiger partial charge < -0.3 is 24.6 Å². The molecule has 1 aliphatic rings. The van der Waals surface area contributed by atoms with Crippen LogP contribution in [0.4, 0.5) is 19.0 Å². The summed E-state index contributed by atoms with van der Waals surface area (Å²) in [7, 11) is 0. The molecule has 3 aromatic heterocycles. The van der Waals surface area contributed by atoms with E-state index < -0.39 is 12.0 Å². The SMILES string of the molecule is Cc1cc2c(N3CCn4c(nnc4C(F)(F)F)C3)nc(OCCNCCO)nc2s1. The molecule has 4 rings (SSSR count). The number of thiophene rings is 1. The Hall–Kier alpha value is -2.51. The van der Waals surface area contributed by atoms with Crippen molar-refractivity contribution in [3.05, 3.63) is 22.6 Å². The Morgan fingerprint density at radius 1 is 1.23 bits per heavy atom.